The van der Waals surface area contributed by atoms with Crippen LogP contribution >= 0.6 is 23.2 Å². The molecule has 0 atom stereocenters. The Morgan fingerprint density at radius 2 is 1.83 bits per heavy atom. The van der Waals surface area contributed by atoms with Gasteiger partial charge >= 0.3 is 0 Å². The molecule has 1 heterocycles. The fourth-order valence-corrected chi connectivity index (χ4v) is 2.41. The first kappa shape index (κ1) is 13.5. The maximum absolute atomic E-state index is 8.57. The van der Waals surface area contributed by atoms with Gasteiger partial charge < -0.3 is 4.90 Å². The lowest BCUT2D eigenvalue weighted by atomic mass is 10.2. The Morgan fingerprint density at radius 3 is 2.44 bits per heavy atom. The highest BCUT2D eigenvalue weighted by atomic mass is 35.5. The Labute approximate surface area is 117 Å². The van der Waals surface area contributed by atoms with Crippen LogP contribution in [-0.2, 0) is 0 Å². The number of nitriles is 1. The predicted molar refractivity (Wildman–Crippen MR) is 75.3 cm³/mol. The van der Waals surface area contributed by atoms with E-state index in [0.29, 0.717) is 16.5 Å². The number of anilines is 1. The van der Waals surface area contributed by atoms with Crippen LogP contribution < -0.4 is 4.90 Å². The Hall–Kier alpha value is -0.950. The molecule has 1 aliphatic heterocycles. The first-order chi connectivity index (χ1) is 8.70. The molecular weight excluding hydrogens is 269 g/mol. The van der Waals surface area contributed by atoms with E-state index in [1.54, 1.807) is 0 Å². The number of halogens is 2. The molecule has 0 unspecified atom stereocenters. The molecule has 1 fully saturated rings. The van der Waals surface area contributed by atoms with Gasteiger partial charge in [0.1, 0.15) is 0 Å². The van der Waals surface area contributed by atoms with Gasteiger partial charge in [0.2, 0.25) is 0 Å². The van der Waals surface area contributed by atoms with E-state index >= 15 is 0 Å². The van der Waals surface area contributed by atoms with E-state index in [1.165, 1.54) is 0 Å². The topological polar surface area (TPSA) is 30.3 Å². The molecular formula is C13H15Cl2N3. The van der Waals surface area contributed by atoms with Gasteiger partial charge in [-0.15, -0.1) is 0 Å². The van der Waals surface area contributed by atoms with Crippen molar-refractivity contribution in [2.24, 2.45) is 0 Å². The van der Waals surface area contributed by atoms with Gasteiger partial charge in [0.25, 0.3) is 0 Å². The summed E-state index contributed by atoms with van der Waals surface area (Å²) < 4.78 is 0. The zero-order valence-corrected chi connectivity index (χ0v) is 11.6. The normalized spacial score (nSPS) is 16.6. The third-order valence-corrected chi connectivity index (χ3v) is 3.92. The van der Waals surface area contributed by atoms with E-state index < -0.39 is 0 Å². The summed E-state index contributed by atoms with van der Waals surface area (Å²) >= 11 is 11.9. The molecule has 0 radical (unpaired) electrons. The molecule has 3 nitrogen and oxygen atoms in total. The van der Waals surface area contributed by atoms with Crippen LogP contribution in [0.3, 0.4) is 0 Å². The molecule has 0 bridgehead atoms. The molecule has 5 heteroatoms. The van der Waals surface area contributed by atoms with E-state index in [1.807, 2.05) is 18.2 Å². The summed E-state index contributed by atoms with van der Waals surface area (Å²) in [7, 11) is 0. The summed E-state index contributed by atoms with van der Waals surface area (Å²) in [5.74, 6) is 0. The minimum atomic E-state index is 0.591. The second-order valence-electron chi connectivity index (χ2n) is 4.34. The van der Waals surface area contributed by atoms with Crippen LogP contribution in [0, 0.1) is 11.3 Å². The second-order valence-corrected chi connectivity index (χ2v) is 5.15. The van der Waals surface area contributed by atoms with Crippen LogP contribution in [0.25, 0.3) is 0 Å². The molecule has 0 aromatic heterocycles. The number of benzene rings is 1. The van der Waals surface area contributed by atoms with Gasteiger partial charge in [-0.2, -0.15) is 5.26 Å². The molecule has 0 N–H and O–H groups in total. The van der Waals surface area contributed by atoms with Crippen molar-refractivity contribution < 1.29 is 0 Å². The lowest BCUT2D eigenvalue weighted by Gasteiger charge is -2.35. The Morgan fingerprint density at radius 1 is 1.11 bits per heavy atom. The molecule has 0 saturated carbocycles. The van der Waals surface area contributed by atoms with Crippen molar-refractivity contribution >= 4 is 28.9 Å². The fourth-order valence-electron chi connectivity index (χ4n) is 2.12. The maximum Gasteiger partial charge on any atom is 0.0635 e. The van der Waals surface area contributed by atoms with E-state index in [0.717, 1.165) is 38.4 Å². The second kappa shape index (κ2) is 6.29. The maximum atomic E-state index is 8.57. The SMILES string of the molecule is N#CCCN1CCN(c2ccc(Cl)c(Cl)c2)CC1. The minimum absolute atomic E-state index is 0.591. The van der Waals surface area contributed by atoms with Crippen molar-refractivity contribution in [1.29, 1.82) is 5.26 Å². The van der Waals surface area contributed by atoms with E-state index in [4.69, 9.17) is 28.5 Å². The van der Waals surface area contributed by atoms with Crippen molar-refractivity contribution in [2.75, 3.05) is 37.6 Å². The zero-order chi connectivity index (χ0) is 13.0. The van der Waals surface area contributed by atoms with Gasteiger partial charge in [0.05, 0.1) is 16.1 Å². The number of hydrogen-bond donors (Lipinski definition) is 0. The molecule has 1 aromatic rings. The lowest BCUT2D eigenvalue weighted by molar-refractivity contribution is 0.263. The number of hydrogen-bond acceptors (Lipinski definition) is 3. The van der Waals surface area contributed by atoms with Gasteiger partial charge in [0.15, 0.2) is 0 Å². The molecule has 1 aliphatic rings. The summed E-state index contributed by atoms with van der Waals surface area (Å²) in [5.41, 5.74) is 1.12. The Bertz CT molecular complexity index is 448. The van der Waals surface area contributed by atoms with Gasteiger partial charge in [-0.3, -0.25) is 4.90 Å². The average molecular weight is 284 g/mol. The minimum Gasteiger partial charge on any atom is -0.369 e. The zero-order valence-electron chi connectivity index (χ0n) is 10.1. The summed E-state index contributed by atoms with van der Waals surface area (Å²) in [6, 6.07) is 7.93. The molecule has 18 heavy (non-hydrogen) atoms. The fraction of sp³-hybridized carbons (Fsp3) is 0.462. The lowest BCUT2D eigenvalue weighted by Crippen LogP contribution is -2.46. The van der Waals surface area contributed by atoms with Crippen molar-refractivity contribution in [2.45, 2.75) is 6.42 Å². The van der Waals surface area contributed by atoms with E-state index in [-0.39, 0.29) is 0 Å². The monoisotopic (exact) mass is 283 g/mol. The standard InChI is InChI=1S/C13H15Cl2N3/c14-12-3-2-11(10-13(12)15)18-8-6-17(7-9-18)5-1-4-16/h2-3,10H,1,5-9H2. The number of nitrogens with zero attached hydrogens (tertiary/aromatic N) is 3. The summed E-state index contributed by atoms with van der Waals surface area (Å²) in [6.07, 6.45) is 0.604. The summed E-state index contributed by atoms with van der Waals surface area (Å²) in [5, 5.41) is 9.76. The summed E-state index contributed by atoms with van der Waals surface area (Å²) in [4.78, 5) is 4.61. The van der Waals surface area contributed by atoms with Crippen molar-refractivity contribution in [3.63, 3.8) is 0 Å². The molecule has 0 amide bonds. The van der Waals surface area contributed by atoms with Crippen LogP contribution in [0.15, 0.2) is 18.2 Å². The van der Waals surface area contributed by atoms with E-state index in [9.17, 15) is 0 Å². The number of piperazine rings is 1. The van der Waals surface area contributed by atoms with Gasteiger partial charge in [0, 0.05) is 44.8 Å². The largest absolute Gasteiger partial charge is 0.369 e. The van der Waals surface area contributed by atoms with Crippen molar-refractivity contribution in [3.05, 3.63) is 28.2 Å². The van der Waals surface area contributed by atoms with Crippen LogP contribution in [0.4, 0.5) is 5.69 Å². The molecule has 0 aliphatic carbocycles. The first-order valence-corrected chi connectivity index (χ1v) is 6.75. The average Bonchev–Trinajstić information content (AvgIpc) is 2.40. The molecule has 0 spiro atoms. The number of rotatable bonds is 3. The Balaban J connectivity index is 1.93. The van der Waals surface area contributed by atoms with Crippen LogP contribution in [0.1, 0.15) is 6.42 Å². The molecule has 2 rings (SSSR count). The highest BCUT2D eigenvalue weighted by molar-refractivity contribution is 6.42. The highest BCUT2D eigenvalue weighted by Gasteiger charge is 2.17. The van der Waals surface area contributed by atoms with Crippen molar-refractivity contribution in [1.82, 2.24) is 4.90 Å². The molecule has 1 saturated heterocycles. The summed E-state index contributed by atoms with van der Waals surface area (Å²) in [6.45, 7) is 4.77. The Kier molecular flexibility index (Phi) is 4.71. The first-order valence-electron chi connectivity index (χ1n) is 6.00. The third-order valence-electron chi connectivity index (χ3n) is 3.18. The van der Waals surface area contributed by atoms with Gasteiger partial charge in [-0.1, -0.05) is 23.2 Å². The smallest absolute Gasteiger partial charge is 0.0635 e. The highest BCUT2D eigenvalue weighted by Crippen LogP contribution is 2.27. The predicted octanol–water partition coefficient (Wildman–Crippen LogP) is 3.03. The van der Waals surface area contributed by atoms with Gasteiger partial charge in [-0.05, 0) is 18.2 Å². The third kappa shape index (κ3) is 3.29. The molecule has 96 valence electrons. The van der Waals surface area contributed by atoms with Crippen LogP contribution in [0.2, 0.25) is 10.0 Å². The van der Waals surface area contributed by atoms with Gasteiger partial charge in [-0.25, -0.2) is 0 Å². The van der Waals surface area contributed by atoms with E-state index in [2.05, 4.69) is 15.9 Å². The van der Waals surface area contributed by atoms with Crippen molar-refractivity contribution in [3.8, 4) is 6.07 Å². The molecule has 1 aromatic carbocycles. The van der Waals surface area contributed by atoms with Crippen LogP contribution in [0.5, 0.6) is 0 Å². The van der Waals surface area contributed by atoms with Crippen LogP contribution in [-0.4, -0.2) is 37.6 Å². The quantitative estimate of drug-likeness (QED) is 0.854.